The molecule has 1 atom stereocenters. The summed E-state index contributed by atoms with van der Waals surface area (Å²) in [6.07, 6.45) is 0. The number of morpholine rings is 1. The Bertz CT molecular complexity index is 393. The molecular formula is C8H14N2O5S2. The predicted molar refractivity (Wildman–Crippen MR) is 61.9 cm³/mol. The SMILES string of the molecule is O=C(O)C1CSCN1S(=O)(=O)N1CCOCC1. The lowest BCUT2D eigenvalue weighted by Crippen LogP contribution is -2.52. The summed E-state index contributed by atoms with van der Waals surface area (Å²) in [7, 11) is -3.67. The Morgan fingerprint density at radius 2 is 2.00 bits per heavy atom. The maximum atomic E-state index is 12.2. The van der Waals surface area contributed by atoms with Crippen LogP contribution in [0.3, 0.4) is 0 Å². The smallest absolute Gasteiger partial charge is 0.322 e. The second kappa shape index (κ2) is 5.11. The molecule has 2 saturated heterocycles. The van der Waals surface area contributed by atoms with Gasteiger partial charge in [0.15, 0.2) is 0 Å². The van der Waals surface area contributed by atoms with Crippen LogP contribution in [-0.2, 0) is 19.7 Å². The Morgan fingerprint density at radius 1 is 1.35 bits per heavy atom. The summed E-state index contributed by atoms with van der Waals surface area (Å²) in [6.45, 7) is 1.29. The van der Waals surface area contributed by atoms with Gasteiger partial charge in [0.25, 0.3) is 10.2 Å². The lowest BCUT2D eigenvalue weighted by molar-refractivity contribution is -0.140. The van der Waals surface area contributed by atoms with Gasteiger partial charge in [-0.15, -0.1) is 11.8 Å². The van der Waals surface area contributed by atoms with Gasteiger partial charge < -0.3 is 9.84 Å². The van der Waals surface area contributed by atoms with Crippen LogP contribution in [0, 0.1) is 0 Å². The van der Waals surface area contributed by atoms with Crippen molar-refractivity contribution in [3.63, 3.8) is 0 Å². The summed E-state index contributed by atoms with van der Waals surface area (Å²) in [5.74, 6) is -0.581. The lowest BCUT2D eigenvalue weighted by atomic mass is 10.4. The first-order valence-electron chi connectivity index (χ1n) is 5.18. The molecule has 0 saturated carbocycles. The minimum atomic E-state index is -3.67. The zero-order valence-corrected chi connectivity index (χ0v) is 10.7. The number of nitrogens with zero attached hydrogens (tertiary/aromatic N) is 2. The first kappa shape index (κ1) is 13.1. The van der Waals surface area contributed by atoms with E-state index in [1.807, 2.05) is 0 Å². The molecule has 2 aliphatic heterocycles. The van der Waals surface area contributed by atoms with Crippen LogP contribution >= 0.6 is 11.8 Å². The van der Waals surface area contributed by atoms with Crippen LogP contribution in [0.4, 0.5) is 0 Å². The summed E-state index contributed by atoms with van der Waals surface area (Å²) in [5.41, 5.74) is 0. The molecule has 1 N–H and O–H groups in total. The molecule has 0 aromatic carbocycles. The molecule has 0 aromatic rings. The third kappa shape index (κ3) is 2.58. The molecule has 9 heteroatoms. The number of aliphatic carboxylic acids is 1. The van der Waals surface area contributed by atoms with Crippen molar-refractivity contribution in [1.82, 2.24) is 8.61 Å². The Morgan fingerprint density at radius 3 is 2.59 bits per heavy atom. The van der Waals surface area contributed by atoms with Gasteiger partial charge in [0.05, 0.1) is 19.1 Å². The van der Waals surface area contributed by atoms with Crippen molar-refractivity contribution in [3.05, 3.63) is 0 Å². The van der Waals surface area contributed by atoms with Crippen molar-refractivity contribution < 1.29 is 23.1 Å². The quantitative estimate of drug-likeness (QED) is 0.716. The van der Waals surface area contributed by atoms with E-state index in [1.54, 1.807) is 0 Å². The predicted octanol–water partition coefficient (Wildman–Crippen LogP) is -0.977. The largest absolute Gasteiger partial charge is 0.480 e. The highest BCUT2D eigenvalue weighted by atomic mass is 32.2. The lowest BCUT2D eigenvalue weighted by Gasteiger charge is -2.31. The average Bonchev–Trinajstić information content (AvgIpc) is 2.80. The zero-order valence-electron chi connectivity index (χ0n) is 9.11. The molecule has 17 heavy (non-hydrogen) atoms. The molecule has 98 valence electrons. The van der Waals surface area contributed by atoms with Gasteiger partial charge in [-0.1, -0.05) is 0 Å². The van der Waals surface area contributed by atoms with Gasteiger partial charge in [0.2, 0.25) is 0 Å². The molecular weight excluding hydrogens is 268 g/mol. The molecule has 0 aliphatic carbocycles. The van der Waals surface area contributed by atoms with Gasteiger partial charge >= 0.3 is 5.97 Å². The molecule has 2 fully saturated rings. The number of carbonyl (C=O) groups is 1. The van der Waals surface area contributed by atoms with Crippen LogP contribution < -0.4 is 0 Å². The standard InChI is InChI=1S/C8H14N2O5S2/c11-8(12)7-5-16-6-10(7)17(13,14)9-1-3-15-4-2-9/h7H,1-6H2,(H,11,12). The van der Waals surface area contributed by atoms with Crippen molar-refractivity contribution >= 4 is 27.9 Å². The van der Waals surface area contributed by atoms with Crippen molar-refractivity contribution in [1.29, 1.82) is 0 Å². The molecule has 2 heterocycles. The van der Waals surface area contributed by atoms with Crippen LogP contribution in [0.2, 0.25) is 0 Å². The van der Waals surface area contributed by atoms with Crippen LogP contribution in [-0.4, -0.2) is 72.1 Å². The summed E-state index contributed by atoms with van der Waals surface area (Å²) < 4.78 is 31.9. The molecule has 0 aromatic heterocycles. The highest BCUT2D eigenvalue weighted by Crippen LogP contribution is 2.26. The fraction of sp³-hybridized carbons (Fsp3) is 0.875. The molecule has 2 rings (SSSR count). The van der Waals surface area contributed by atoms with E-state index in [2.05, 4.69) is 0 Å². The number of hydrogen-bond acceptors (Lipinski definition) is 5. The normalized spacial score (nSPS) is 28.4. The van der Waals surface area contributed by atoms with E-state index < -0.39 is 22.2 Å². The third-order valence-corrected chi connectivity index (χ3v) is 5.89. The minimum absolute atomic E-state index is 0.205. The topological polar surface area (TPSA) is 87.2 Å². The van der Waals surface area contributed by atoms with Crippen LogP contribution in [0.25, 0.3) is 0 Å². The molecule has 0 spiro atoms. The van der Waals surface area contributed by atoms with Gasteiger partial charge in [0.1, 0.15) is 6.04 Å². The fourth-order valence-corrected chi connectivity index (χ4v) is 5.03. The summed E-state index contributed by atoms with van der Waals surface area (Å²) in [6, 6.07) is -0.951. The third-order valence-electron chi connectivity index (χ3n) is 2.72. The Hall–Kier alpha value is -0.350. The molecule has 0 radical (unpaired) electrons. The van der Waals surface area contributed by atoms with Crippen molar-refractivity contribution in [2.24, 2.45) is 0 Å². The van der Waals surface area contributed by atoms with Crippen molar-refractivity contribution in [2.45, 2.75) is 6.04 Å². The highest BCUT2D eigenvalue weighted by Gasteiger charge is 2.42. The molecule has 0 amide bonds. The first-order valence-corrected chi connectivity index (χ1v) is 7.74. The number of carboxylic acids is 1. The van der Waals surface area contributed by atoms with Crippen LogP contribution in [0.1, 0.15) is 0 Å². The second-order valence-electron chi connectivity index (χ2n) is 3.76. The summed E-state index contributed by atoms with van der Waals surface area (Å²) in [4.78, 5) is 11.0. The molecule has 2 aliphatic rings. The first-order chi connectivity index (χ1) is 8.03. The van der Waals surface area contributed by atoms with Gasteiger partial charge in [0, 0.05) is 18.8 Å². The van der Waals surface area contributed by atoms with Gasteiger partial charge in [-0.2, -0.15) is 17.0 Å². The Balaban J connectivity index is 2.16. The average molecular weight is 282 g/mol. The van der Waals surface area contributed by atoms with Crippen molar-refractivity contribution in [2.75, 3.05) is 37.9 Å². The Kier molecular flexibility index (Phi) is 3.93. The monoisotopic (exact) mass is 282 g/mol. The van der Waals surface area contributed by atoms with Crippen LogP contribution in [0.5, 0.6) is 0 Å². The number of rotatable bonds is 3. The maximum absolute atomic E-state index is 12.2. The van der Waals surface area contributed by atoms with E-state index in [0.717, 1.165) is 4.31 Å². The van der Waals surface area contributed by atoms with Gasteiger partial charge in [-0.25, -0.2) is 0 Å². The van der Waals surface area contributed by atoms with E-state index in [-0.39, 0.29) is 19.0 Å². The molecule has 0 bridgehead atoms. The maximum Gasteiger partial charge on any atom is 0.322 e. The minimum Gasteiger partial charge on any atom is -0.480 e. The summed E-state index contributed by atoms with van der Waals surface area (Å²) in [5, 5.41) is 8.98. The van der Waals surface area contributed by atoms with E-state index in [4.69, 9.17) is 9.84 Å². The van der Waals surface area contributed by atoms with E-state index in [1.165, 1.54) is 16.1 Å². The molecule has 7 nitrogen and oxygen atoms in total. The number of carboxylic acid groups (broad SMARTS) is 1. The van der Waals surface area contributed by atoms with Gasteiger partial charge in [-0.05, 0) is 0 Å². The summed E-state index contributed by atoms with van der Waals surface area (Å²) >= 11 is 1.32. The zero-order chi connectivity index (χ0) is 12.5. The fourth-order valence-electron chi connectivity index (χ4n) is 1.77. The Labute approximate surface area is 104 Å². The molecule has 1 unspecified atom stereocenters. The van der Waals surface area contributed by atoms with E-state index in [9.17, 15) is 13.2 Å². The second-order valence-corrected chi connectivity index (χ2v) is 6.64. The highest BCUT2D eigenvalue weighted by molar-refractivity contribution is 8.00. The number of thioether (sulfide) groups is 1. The van der Waals surface area contributed by atoms with Crippen molar-refractivity contribution in [3.8, 4) is 0 Å². The van der Waals surface area contributed by atoms with Gasteiger partial charge in [-0.3, -0.25) is 4.79 Å². The van der Waals surface area contributed by atoms with E-state index in [0.29, 0.717) is 19.0 Å². The van der Waals surface area contributed by atoms with Crippen LogP contribution in [0.15, 0.2) is 0 Å². The number of ether oxygens (including phenoxy) is 1. The number of hydrogen-bond donors (Lipinski definition) is 1. The van der Waals surface area contributed by atoms with E-state index >= 15 is 0 Å².